The van der Waals surface area contributed by atoms with Gasteiger partial charge in [0.1, 0.15) is 12.7 Å². The molecular weight excluding hydrogens is 402 g/mol. The Morgan fingerprint density at radius 2 is 1.87 bits per heavy atom. The van der Waals surface area contributed by atoms with Gasteiger partial charge in [0.25, 0.3) is 5.91 Å². The highest BCUT2D eigenvalue weighted by Gasteiger charge is 2.43. The van der Waals surface area contributed by atoms with E-state index < -0.39 is 24.8 Å². The fourth-order valence-electron chi connectivity index (χ4n) is 2.69. The van der Waals surface area contributed by atoms with Gasteiger partial charge in [-0.15, -0.1) is 8.78 Å². The predicted octanol–water partition coefficient (Wildman–Crippen LogP) is 2.44. The quantitative estimate of drug-likeness (QED) is 0.616. The van der Waals surface area contributed by atoms with E-state index in [1.165, 1.54) is 24.5 Å². The monoisotopic (exact) mass is 416 g/mol. The number of halogens is 2. The summed E-state index contributed by atoms with van der Waals surface area (Å²) in [5.41, 5.74) is 1.37. The third-order valence-corrected chi connectivity index (χ3v) is 4.02. The molecule has 9 nitrogen and oxygen atoms in total. The highest BCUT2D eigenvalue weighted by molar-refractivity contribution is 5.95. The second-order valence-electron chi connectivity index (χ2n) is 6.24. The molecule has 0 spiro atoms. The average Bonchev–Trinajstić information content (AvgIpc) is 3.32. The lowest BCUT2D eigenvalue weighted by Gasteiger charge is -2.08. The zero-order valence-electron chi connectivity index (χ0n) is 15.2. The van der Waals surface area contributed by atoms with Crippen molar-refractivity contribution in [3.05, 3.63) is 66.2 Å². The van der Waals surface area contributed by atoms with Crippen LogP contribution >= 0.6 is 0 Å². The molecule has 1 aliphatic rings. The summed E-state index contributed by atoms with van der Waals surface area (Å²) < 4.78 is 41.3. The summed E-state index contributed by atoms with van der Waals surface area (Å²) in [5, 5.41) is 6.42. The predicted molar refractivity (Wildman–Crippen MR) is 97.1 cm³/mol. The van der Waals surface area contributed by atoms with Crippen molar-refractivity contribution in [1.82, 2.24) is 14.8 Å². The Morgan fingerprint density at radius 3 is 2.60 bits per heavy atom. The molecule has 0 bridgehead atoms. The van der Waals surface area contributed by atoms with Gasteiger partial charge in [-0.1, -0.05) is 12.1 Å². The van der Waals surface area contributed by atoms with Crippen LogP contribution in [0.2, 0.25) is 0 Å². The maximum Gasteiger partial charge on any atom is 0.586 e. The number of rotatable bonds is 6. The van der Waals surface area contributed by atoms with Crippen molar-refractivity contribution in [2.45, 2.75) is 12.8 Å². The van der Waals surface area contributed by atoms with Gasteiger partial charge in [0, 0.05) is 11.8 Å². The number of nitrogens with zero attached hydrogens (tertiary/aromatic N) is 3. The van der Waals surface area contributed by atoms with E-state index in [9.17, 15) is 18.4 Å². The van der Waals surface area contributed by atoms with E-state index in [4.69, 9.17) is 4.74 Å². The fraction of sp³-hybridized carbons (Fsp3) is 0.158. The van der Waals surface area contributed by atoms with Crippen LogP contribution in [-0.4, -0.2) is 39.5 Å². The van der Waals surface area contributed by atoms with Crippen molar-refractivity contribution < 1.29 is 32.6 Å². The minimum atomic E-state index is -3.74. The third-order valence-electron chi connectivity index (χ3n) is 4.02. The van der Waals surface area contributed by atoms with Crippen LogP contribution in [0.3, 0.4) is 0 Å². The molecule has 1 aromatic heterocycles. The van der Waals surface area contributed by atoms with Crippen LogP contribution in [0.1, 0.15) is 15.9 Å². The van der Waals surface area contributed by atoms with E-state index >= 15 is 0 Å². The number of hydrogen-bond acceptors (Lipinski definition) is 7. The molecule has 0 atom stereocenters. The van der Waals surface area contributed by atoms with E-state index in [0.717, 1.165) is 5.56 Å². The lowest BCUT2D eigenvalue weighted by molar-refractivity contribution is -0.286. The molecule has 1 amide bonds. The minimum Gasteiger partial charge on any atom is -0.452 e. The summed E-state index contributed by atoms with van der Waals surface area (Å²) in [4.78, 5) is 27.9. The zero-order chi connectivity index (χ0) is 21.1. The number of alkyl halides is 2. The van der Waals surface area contributed by atoms with Crippen molar-refractivity contribution in [1.29, 1.82) is 0 Å². The van der Waals surface area contributed by atoms with Crippen LogP contribution in [0.25, 0.3) is 0 Å². The van der Waals surface area contributed by atoms with E-state index in [1.807, 2.05) is 0 Å². The first-order valence-electron chi connectivity index (χ1n) is 8.66. The first kappa shape index (κ1) is 19.3. The van der Waals surface area contributed by atoms with Crippen LogP contribution in [0.4, 0.5) is 14.5 Å². The van der Waals surface area contributed by atoms with Crippen molar-refractivity contribution in [3.63, 3.8) is 0 Å². The molecule has 154 valence electrons. The second-order valence-corrected chi connectivity index (χ2v) is 6.24. The summed E-state index contributed by atoms with van der Waals surface area (Å²) in [6, 6.07) is 10.4. The summed E-state index contributed by atoms with van der Waals surface area (Å²) >= 11 is 0. The Hall–Kier alpha value is -4.02. The van der Waals surface area contributed by atoms with Gasteiger partial charge in [0.15, 0.2) is 18.1 Å². The van der Waals surface area contributed by atoms with E-state index in [0.29, 0.717) is 6.54 Å². The third kappa shape index (κ3) is 4.51. The number of amides is 1. The highest BCUT2D eigenvalue weighted by atomic mass is 19.3. The van der Waals surface area contributed by atoms with Gasteiger partial charge in [-0.05, 0) is 29.8 Å². The van der Waals surface area contributed by atoms with Crippen molar-refractivity contribution >= 4 is 17.6 Å². The molecule has 3 aromatic rings. The average molecular weight is 416 g/mol. The Morgan fingerprint density at radius 1 is 1.10 bits per heavy atom. The highest BCUT2D eigenvalue weighted by Crippen LogP contribution is 2.42. The van der Waals surface area contributed by atoms with Gasteiger partial charge < -0.3 is 19.5 Å². The molecular formula is C19H14F2N4O5. The van der Waals surface area contributed by atoms with Gasteiger partial charge in [-0.25, -0.2) is 14.5 Å². The SMILES string of the molecule is O=C(COC(=O)c1ccc(Cn2cncn2)cc1)Nc1ccc2c(c1)OC(F)(F)O2. The van der Waals surface area contributed by atoms with Crippen LogP contribution in [0.15, 0.2) is 55.1 Å². The molecule has 0 fully saturated rings. The van der Waals surface area contributed by atoms with Crippen LogP contribution in [-0.2, 0) is 16.1 Å². The molecule has 0 unspecified atom stereocenters. The first-order chi connectivity index (χ1) is 14.4. The summed E-state index contributed by atoms with van der Waals surface area (Å²) in [6.45, 7) is -0.0522. The number of aromatic nitrogens is 3. The summed E-state index contributed by atoms with van der Waals surface area (Å²) in [5.74, 6) is -1.67. The maximum atomic E-state index is 13.0. The molecule has 0 saturated heterocycles. The summed E-state index contributed by atoms with van der Waals surface area (Å²) in [6.07, 6.45) is -0.743. The topological polar surface area (TPSA) is 105 Å². The second kappa shape index (κ2) is 7.78. The van der Waals surface area contributed by atoms with E-state index in [2.05, 4.69) is 24.9 Å². The molecule has 2 aromatic carbocycles. The molecule has 0 radical (unpaired) electrons. The standard InChI is InChI=1S/C19H14F2N4O5/c20-19(21)29-15-6-5-14(7-16(15)30-19)24-17(26)9-28-18(27)13-3-1-12(2-4-13)8-25-11-22-10-23-25/h1-7,10-11H,8-9H2,(H,24,26). The molecule has 0 aliphatic carbocycles. The molecule has 30 heavy (non-hydrogen) atoms. The van der Waals surface area contributed by atoms with Crippen molar-refractivity contribution in [2.75, 3.05) is 11.9 Å². The number of benzene rings is 2. The first-order valence-corrected chi connectivity index (χ1v) is 8.66. The van der Waals surface area contributed by atoms with Gasteiger partial charge in [0.2, 0.25) is 0 Å². The van der Waals surface area contributed by atoms with Gasteiger partial charge in [-0.3, -0.25) is 4.79 Å². The largest absolute Gasteiger partial charge is 0.586 e. The van der Waals surface area contributed by atoms with E-state index in [1.54, 1.807) is 35.3 Å². The number of fused-ring (bicyclic) bond motifs is 1. The molecule has 2 heterocycles. The number of ether oxygens (including phenoxy) is 3. The van der Waals surface area contributed by atoms with Crippen LogP contribution < -0.4 is 14.8 Å². The minimum absolute atomic E-state index is 0.142. The molecule has 0 saturated carbocycles. The lowest BCUT2D eigenvalue weighted by Crippen LogP contribution is -2.25. The molecule has 11 heteroatoms. The van der Waals surface area contributed by atoms with Gasteiger partial charge >= 0.3 is 12.3 Å². The number of carbonyl (C=O) groups is 2. The smallest absolute Gasteiger partial charge is 0.452 e. The number of esters is 1. The Kier molecular flexibility index (Phi) is 5.00. The van der Waals surface area contributed by atoms with Crippen molar-refractivity contribution in [3.8, 4) is 11.5 Å². The fourth-order valence-corrected chi connectivity index (χ4v) is 2.69. The van der Waals surface area contributed by atoms with Crippen LogP contribution in [0.5, 0.6) is 11.5 Å². The molecule has 1 N–H and O–H groups in total. The number of anilines is 1. The molecule has 4 rings (SSSR count). The van der Waals surface area contributed by atoms with Crippen LogP contribution in [0, 0.1) is 0 Å². The van der Waals surface area contributed by atoms with E-state index in [-0.39, 0.29) is 22.7 Å². The number of nitrogens with one attached hydrogen (secondary N) is 1. The van der Waals surface area contributed by atoms with Gasteiger partial charge in [-0.2, -0.15) is 5.10 Å². The Bertz CT molecular complexity index is 1070. The van der Waals surface area contributed by atoms with Crippen molar-refractivity contribution in [2.24, 2.45) is 0 Å². The van der Waals surface area contributed by atoms with Gasteiger partial charge in [0.05, 0.1) is 12.1 Å². The zero-order valence-corrected chi connectivity index (χ0v) is 15.2. The molecule has 1 aliphatic heterocycles. The Labute approximate surface area is 168 Å². The summed E-state index contributed by atoms with van der Waals surface area (Å²) in [7, 11) is 0. The normalized spacial score (nSPS) is 13.7. The lowest BCUT2D eigenvalue weighted by atomic mass is 10.1. The number of hydrogen-bond donors (Lipinski definition) is 1. The maximum absolute atomic E-state index is 13.0. The number of carbonyl (C=O) groups excluding carboxylic acids is 2. The Balaban J connectivity index is 1.28.